The number of amides is 1. The Morgan fingerprint density at radius 3 is 3.10 bits per heavy atom. The normalized spacial score (nSPS) is 15.6. The van der Waals surface area contributed by atoms with E-state index in [9.17, 15) is 4.79 Å². The highest BCUT2D eigenvalue weighted by Gasteiger charge is 2.15. The van der Waals surface area contributed by atoms with Crippen molar-refractivity contribution >= 4 is 5.91 Å². The molecule has 0 unspecified atom stereocenters. The van der Waals surface area contributed by atoms with Crippen LogP contribution >= 0.6 is 0 Å². The first-order valence-electron chi connectivity index (χ1n) is 6.98. The third-order valence-electron chi connectivity index (χ3n) is 3.31. The zero-order chi connectivity index (χ0) is 15.1. The number of hydrogen-bond acceptors (Lipinski definition) is 4. The molecule has 0 bridgehead atoms. The summed E-state index contributed by atoms with van der Waals surface area (Å²) in [4.78, 5) is 13.7. The molecule has 0 radical (unpaired) electrons. The molecule has 0 saturated carbocycles. The lowest BCUT2D eigenvalue weighted by Gasteiger charge is -2.19. The van der Waals surface area contributed by atoms with Crippen molar-refractivity contribution in [3.63, 3.8) is 0 Å². The van der Waals surface area contributed by atoms with Crippen molar-refractivity contribution in [3.8, 4) is 17.6 Å². The smallest absolute Gasteiger partial charge is 0.234 e. The molecule has 1 aliphatic heterocycles. The number of benzene rings is 1. The predicted molar refractivity (Wildman–Crippen MR) is 79.9 cm³/mol. The van der Waals surface area contributed by atoms with Crippen molar-refractivity contribution in [1.82, 2.24) is 10.2 Å². The third kappa shape index (κ3) is 4.48. The van der Waals surface area contributed by atoms with Gasteiger partial charge in [-0.05, 0) is 24.1 Å². The Balaban J connectivity index is 2.14. The van der Waals surface area contributed by atoms with Gasteiger partial charge in [-0.15, -0.1) is 0 Å². The van der Waals surface area contributed by atoms with Gasteiger partial charge in [0.25, 0.3) is 0 Å². The van der Waals surface area contributed by atoms with Crippen LogP contribution in [0.15, 0.2) is 18.2 Å². The fourth-order valence-electron chi connectivity index (χ4n) is 2.35. The van der Waals surface area contributed by atoms with E-state index in [-0.39, 0.29) is 12.5 Å². The van der Waals surface area contributed by atoms with Gasteiger partial charge < -0.3 is 15.2 Å². The van der Waals surface area contributed by atoms with Crippen LogP contribution in [0, 0.1) is 11.8 Å². The zero-order valence-corrected chi connectivity index (χ0v) is 12.2. The minimum absolute atomic E-state index is 0.0707. The SMILES string of the molecule is COc1ccc(CN2CCCNC(=O)C2)cc1C#CCO. The molecule has 1 aliphatic rings. The first kappa shape index (κ1) is 15.4. The Hall–Kier alpha value is -2.03. The van der Waals surface area contributed by atoms with Crippen molar-refractivity contribution in [2.45, 2.75) is 13.0 Å². The predicted octanol–water partition coefficient (Wildman–Crippen LogP) is 0.361. The first-order valence-corrected chi connectivity index (χ1v) is 6.98. The van der Waals surface area contributed by atoms with Crippen LogP contribution in [-0.4, -0.2) is 49.3 Å². The molecule has 0 atom stereocenters. The molecule has 0 aliphatic carbocycles. The second-order valence-electron chi connectivity index (χ2n) is 4.91. The second kappa shape index (κ2) is 7.67. The fourth-order valence-corrected chi connectivity index (χ4v) is 2.35. The van der Waals surface area contributed by atoms with Gasteiger partial charge in [0.15, 0.2) is 0 Å². The Bertz CT molecular complexity index is 560. The molecule has 1 amide bonds. The Morgan fingerprint density at radius 2 is 2.33 bits per heavy atom. The molecular formula is C16H20N2O3. The standard InChI is InChI=1S/C16H20N2O3/c1-21-15-6-5-13(10-14(15)4-2-9-19)11-18-8-3-7-17-16(20)12-18/h5-6,10,19H,3,7-9,11-12H2,1H3,(H,17,20). The van der Waals surface area contributed by atoms with Crippen molar-refractivity contribution in [3.05, 3.63) is 29.3 Å². The van der Waals surface area contributed by atoms with Crippen LogP contribution < -0.4 is 10.1 Å². The Morgan fingerprint density at radius 1 is 1.48 bits per heavy atom. The number of aliphatic hydroxyl groups excluding tert-OH is 1. The minimum atomic E-state index is -0.181. The van der Waals surface area contributed by atoms with Crippen LogP contribution in [0.5, 0.6) is 5.75 Å². The lowest BCUT2D eigenvalue weighted by atomic mass is 10.1. The summed E-state index contributed by atoms with van der Waals surface area (Å²) in [6.45, 7) is 2.57. The van der Waals surface area contributed by atoms with E-state index in [0.29, 0.717) is 18.8 Å². The summed E-state index contributed by atoms with van der Waals surface area (Å²) in [5.41, 5.74) is 1.83. The summed E-state index contributed by atoms with van der Waals surface area (Å²) in [7, 11) is 1.60. The number of aliphatic hydroxyl groups is 1. The van der Waals surface area contributed by atoms with E-state index >= 15 is 0 Å². The summed E-state index contributed by atoms with van der Waals surface area (Å²) in [5.74, 6) is 6.28. The molecule has 0 aromatic heterocycles. The summed E-state index contributed by atoms with van der Waals surface area (Å²) < 4.78 is 5.26. The minimum Gasteiger partial charge on any atom is -0.495 e. The van der Waals surface area contributed by atoms with Gasteiger partial charge in [-0.25, -0.2) is 0 Å². The van der Waals surface area contributed by atoms with E-state index in [1.54, 1.807) is 7.11 Å². The summed E-state index contributed by atoms with van der Waals surface area (Å²) in [6, 6.07) is 5.80. The number of nitrogens with one attached hydrogen (secondary N) is 1. The highest BCUT2D eigenvalue weighted by atomic mass is 16.5. The number of carbonyl (C=O) groups excluding carboxylic acids is 1. The molecule has 1 heterocycles. The molecule has 5 nitrogen and oxygen atoms in total. The van der Waals surface area contributed by atoms with Gasteiger partial charge in [0.05, 0.1) is 19.2 Å². The van der Waals surface area contributed by atoms with E-state index in [1.807, 2.05) is 18.2 Å². The number of carbonyl (C=O) groups is 1. The number of ether oxygens (including phenoxy) is 1. The highest BCUT2D eigenvalue weighted by molar-refractivity contribution is 5.78. The van der Waals surface area contributed by atoms with Crippen LogP contribution in [0.3, 0.4) is 0 Å². The van der Waals surface area contributed by atoms with Gasteiger partial charge in [0.2, 0.25) is 5.91 Å². The van der Waals surface area contributed by atoms with E-state index in [1.165, 1.54) is 0 Å². The quantitative estimate of drug-likeness (QED) is 0.789. The molecule has 2 N–H and O–H groups in total. The molecule has 5 heteroatoms. The maximum Gasteiger partial charge on any atom is 0.234 e. The van der Waals surface area contributed by atoms with Gasteiger partial charge in [-0.3, -0.25) is 9.69 Å². The van der Waals surface area contributed by atoms with Gasteiger partial charge >= 0.3 is 0 Å². The second-order valence-corrected chi connectivity index (χ2v) is 4.91. The molecule has 2 rings (SSSR count). The molecule has 1 fully saturated rings. The van der Waals surface area contributed by atoms with Crippen LogP contribution in [0.25, 0.3) is 0 Å². The van der Waals surface area contributed by atoms with Crippen LogP contribution in [0.4, 0.5) is 0 Å². The van der Waals surface area contributed by atoms with E-state index in [2.05, 4.69) is 22.1 Å². The molecule has 0 spiro atoms. The average molecular weight is 288 g/mol. The Kier molecular flexibility index (Phi) is 5.61. The lowest BCUT2D eigenvalue weighted by molar-refractivity contribution is -0.121. The number of rotatable bonds is 3. The molecule has 21 heavy (non-hydrogen) atoms. The Labute approximate surface area is 124 Å². The molecular weight excluding hydrogens is 268 g/mol. The van der Waals surface area contributed by atoms with Gasteiger partial charge in [0.1, 0.15) is 12.4 Å². The van der Waals surface area contributed by atoms with Crippen molar-refractivity contribution in [2.75, 3.05) is 33.4 Å². The van der Waals surface area contributed by atoms with Crippen molar-refractivity contribution in [1.29, 1.82) is 0 Å². The third-order valence-corrected chi connectivity index (χ3v) is 3.31. The molecule has 112 valence electrons. The summed E-state index contributed by atoms with van der Waals surface area (Å²) in [6.07, 6.45) is 0.957. The van der Waals surface area contributed by atoms with Gasteiger partial charge in [-0.1, -0.05) is 17.9 Å². The maximum atomic E-state index is 11.6. The molecule has 1 saturated heterocycles. The van der Waals surface area contributed by atoms with Crippen LogP contribution in [0.1, 0.15) is 17.5 Å². The zero-order valence-electron chi connectivity index (χ0n) is 12.2. The van der Waals surface area contributed by atoms with Crippen LogP contribution in [0.2, 0.25) is 0 Å². The number of nitrogens with zero attached hydrogens (tertiary/aromatic N) is 1. The molecule has 1 aromatic carbocycles. The largest absolute Gasteiger partial charge is 0.495 e. The molecule has 1 aromatic rings. The van der Waals surface area contributed by atoms with Crippen LogP contribution in [-0.2, 0) is 11.3 Å². The van der Waals surface area contributed by atoms with Crippen molar-refractivity contribution < 1.29 is 14.6 Å². The first-order chi connectivity index (χ1) is 10.2. The van der Waals surface area contributed by atoms with Gasteiger partial charge in [0, 0.05) is 19.6 Å². The average Bonchev–Trinajstić information content (AvgIpc) is 2.69. The van der Waals surface area contributed by atoms with E-state index in [4.69, 9.17) is 9.84 Å². The van der Waals surface area contributed by atoms with E-state index in [0.717, 1.165) is 30.6 Å². The fraction of sp³-hybridized carbons (Fsp3) is 0.438. The highest BCUT2D eigenvalue weighted by Crippen LogP contribution is 2.20. The topological polar surface area (TPSA) is 61.8 Å². The summed E-state index contributed by atoms with van der Waals surface area (Å²) in [5, 5.41) is 11.7. The number of methoxy groups -OCH3 is 1. The maximum absolute atomic E-state index is 11.6. The monoisotopic (exact) mass is 288 g/mol. The van der Waals surface area contributed by atoms with Crippen molar-refractivity contribution in [2.24, 2.45) is 0 Å². The number of hydrogen-bond donors (Lipinski definition) is 2. The summed E-state index contributed by atoms with van der Waals surface area (Å²) >= 11 is 0. The van der Waals surface area contributed by atoms with E-state index < -0.39 is 0 Å². The lowest BCUT2D eigenvalue weighted by Crippen LogP contribution is -2.32. The van der Waals surface area contributed by atoms with Gasteiger partial charge in [-0.2, -0.15) is 0 Å².